The van der Waals surface area contributed by atoms with Crippen molar-refractivity contribution in [1.29, 1.82) is 0 Å². The van der Waals surface area contributed by atoms with E-state index in [1.165, 1.54) is 35.6 Å². The number of nitrogens with zero attached hydrogens (tertiary/aromatic N) is 4. The molecule has 1 unspecified atom stereocenters. The molecule has 1 fully saturated rings. The number of benzene rings is 1. The Morgan fingerprint density at radius 1 is 1.29 bits per heavy atom. The van der Waals surface area contributed by atoms with E-state index in [4.69, 9.17) is 4.52 Å². The molecule has 0 radical (unpaired) electrons. The van der Waals surface area contributed by atoms with Gasteiger partial charge in [0.2, 0.25) is 11.7 Å². The number of rotatable bonds is 5. The van der Waals surface area contributed by atoms with E-state index in [1.807, 2.05) is 17.5 Å². The lowest BCUT2D eigenvalue weighted by Gasteiger charge is -2.21. The van der Waals surface area contributed by atoms with Gasteiger partial charge in [-0.2, -0.15) is 4.98 Å². The second-order valence-corrected chi connectivity index (χ2v) is 7.19. The monoisotopic (exact) mass is 399 g/mol. The van der Waals surface area contributed by atoms with Crippen molar-refractivity contribution in [3.63, 3.8) is 0 Å². The van der Waals surface area contributed by atoms with Gasteiger partial charge >= 0.3 is 6.03 Å². The van der Waals surface area contributed by atoms with Gasteiger partial charge in [-0.15, -0.1) is 11.3 Å². The smallest absolute Gasteiger partial charge is 0.325 e. The van der Waals surface area contributed by atoms with Gasteiger partial charge in [0, 0.05) is 12.1 Å². The van der Waals surface area contributed by atoms with Crippen molar-refractivity contribution in [2.75, 3.05) is 0 Å². The van der Waals surface area contributed by atoms with Gasteiger partial charge in [0.15, 0.2) is 0 Å². The summed E-state index contributed by atoms with van der Waals surface area (Å²) in [5, 5.41) is 19.2. The highest BCUT2D eigenvalue weighted by atomic mass is 32.1. The van der Waals surface area contributed by atoms with Crippen LogP contribution in [-0.2, 0) is 16.9 Å². The second-order valence-electron chi connectivity index (χ2n) is 6.24. The Hall–Kier alpha value is -3.60. The largest absolute Gasteiger partial charge is 0.337 e. The number of carbonyl (C=O) groups is 2. The van der Waals surface area contributed by atoms with Gasteiger partial charge in [-0.25, -0.2) is 4.79 Å². The van der Waals surface area contributed by atoms with E-state index in [9.17, 15) is 19.7 Å². The zero-order valence-electron chi connectivity index (χ0n) is 14.5. The molecule has 28 heavy (non-hydrogen) atoms. The van der Waals surface area contributed by atoms with Crippen molar-refractivity contribution in [1.82, 2.24) is 20.4 Å². The van der Waals surface area contributed by atoms with Crippen LogP contribution in [0.1, 0.15) is 18.4 Å². The van der Waals surface area contributed by atoms with E-state index in [0.29, 0.717) is 11.4 Å². The zero-order chi connectivity index (χ0) is 19.9. The third kappa shape index (κ3) is 2.91. The number of nitrogens with one attached hydrogen (secondary N) is 1. The van der Waals surface area contributed by atoms with Gasteiger partial charge in [-0.05, 0) is 36.1 Å². The van der Waals surface area contributed by atoms with Crippen LogP contribution in [0, 0.1) is 10.1 Å². The molecule has 10 nitrogen and oxygen atoms in total. The quantitative estimate of drug-likeness (QED) is 0.396. The first-order valence-corrected chi connectivity index (χ1v) is 9.02. The van der Waals surface area contributed by atoms with E-state index in [0.717, 1.165) is 9.78 Å². The predicted molar refractivity (Wildman–Crippen MR) is 97.1 cm³/mol. The lowest BCUT2D eigenvalue weighted by molar-refractivity contribution is -0.384. The second kappa shape index (κ2) is 6.53. The van der Waals surface area contributed by atoms with Crippen LogP contribution >= 0.6 is 11.3 Å². The predicted octanol–water partition coefficient (Wildman–Crippen LogP) is 2.67. The summed E-state index contributed by atoms with van der Waals surface area (Å²) in [7, 11) is 0. The van der Waals surface area contributed by atoms with Crippen LogP contribution in [0.2, 0.25) is 0 Å². The fourth-order valence-corrected chi connectivity index (χ4v) is 3.56. The van der Waals surface area contributed by atoms with Gasteiger partial charge < -0.3 is 9.84 Å². The topological polar surface area (TPSA) is 131 Å². The van der Waals surface area contributed by atoms with Gasteiger partial charge in [0.05, 0.1) is 9.80 Å². The van der Waals surface area contributed by atoms with Crippen LogP contribution in [0.5, 0.6) is 0 Å². The fourth-order valence-electron chi connectivity index (χ4n) is 2.91. The molecular weight excluding hydrogens is 386 g/mol. The molecule has 1 aliphatic heterocycles. The Bertz CT molecular complexity index is 1060. The molecule has 1 aliphatic rings. The summed E-state index contributed by atoms with van der Waals surface area (Å²) in [4.78, 5) is 41.6. The molecule has 3 amide bonds. The van der Waals surface area contributed by atoms with E-state index in [-0.39, 0.29) is 18.1 Å². The normalized spacial score (nSPS) is 19.1. The molecule has 4 rings (SSSR count). The molecule has 3 aromatic rings. The SMILES string of the molecule is CC1(c2ccc([N+](=O)[O-])cc2)NC(=O)N(Cc2nc(-c3cccs3)no2)C1=O. The first-order valence-electron chi connectivity index (χ1n) is 8.14. The summed E-state index contributed by atoms with van der Waals surface area (Å²) in [6.45, 7) is 1.37. The molecule has 0 saturated carbocycles. The van der Waals surface area contributed by atoms with Crippen molar-refractivity contribution >= 4 is 29.0 Å². The number of non-ortho nitro benzene ring substituents is 1. The molecule has 11 heteroatoms. The maximum absolute atomic E-state index is 12.9. The van der Waals surface area contributed by atoms with Crippen LogP contribution in [0.25, 0.3) is 10.7 Å². The van der Waals surface area contributed by atoms with Crippen molar-refractivity contribution in [2.24, 2.45) is 0 Å². The summed E-state index contributed by atoms with van der Waals surface area (Å²) >= 11 is 1.44. The van der Waals surface area contributed by atoms with Crippen molar-refractivity contribution in [2.45, 2.75) is 19.0 Å². The number of hydrogen-bond acceptors (Lipinski definition) is 8. The number of carbonyl (C=O) groups excluding carboxylic acids is 2. The minimum absolute atomic E-state index is 0.104. The van der Waals surface area contributed by atoms with Crippen LogP contribution in [0.15, 0.2) is 46.3 Å². The number of hydrogen-bond donors (Lipinski definition) is 1. The van der Waals surface area contributed by atoms with Gasteiger partial charge in [-0.3, -0.25) is 19.8 Å². The Morgan fingerprint density at radius 3 is 2.68 bits per heavy atom. The molecule has 1 saturated heterocycles. The molecule has 142 valence electrons. The van der Waals surface area contributed by atoms with Crippen LogP contribution in [0.4, 0.5) is 10.5 Å². The van der Waals surface area contributed by atoms with E-state index >= 15 is 0 Å². The van der Waals surface area contributed by atoms with Crippen LogP contribution in [0.3, 0.4) is 0 Å². The number of imide groups is 1. The molecule has 3 heterocycles. The lowest BCUT2D eigenvalue weighted by Crippen LogP contribution is -2.40. The fraction of sp³-hybridized carbons (Fsp3) is 0.176. The Kier molecular flexibility index (Phi) is 4.15. The number of nitro groups is 1. The van der Waals surface area contributed by atoms with E-state index < -0.39 is 22.4 Å². The molecule has 1 N–H and O–H groups in total. The van der Waals surface area contributed by atoms with Crippen molar-refractivity contribution in [3.8, 4) is 10.7 Å². The van der Waals surface area contributed by atoms with E-state index in [2.05, 4.69) is 15.5 Å². The molecule has 0 spiro atoms. The maximum atomic E-state index is 12.9. The standard InChI is InChI=1S/C17H13N5O5S/c1-17(10-4-6-11(7-5-10)22(25)26)15(23)21(16(24)19-17)9-13-18-14(20-27-13)12-3-2-8-28-12/h2-8H,9H2,1H3,(H,19,24). The Balaban J connectivity index is 1.56. The van der Waals surface area contributed by atoms with E-state index in [1.54, 1.807) is 6.92 Å². The summed E-state index contributed by atoms with van der Waals surface area (Å²) in [6, 6.07) is 8.54. The van der Waals surface area contributed by atoms with Gasteiger partial charge in [-0.1, -0.05) is 11.2 Å². The van der Waals surface area contributed by atoms with Gasteiger partial charge in [0.25, 0.3) is 11.6 Å². The zero-order valence-corrected chi connectivity index (χ0v) is 15.3. The average molecular weight is 399 g/mol. The summed E-state index contributed by atoms with van der Waals surface area (Å²) in [6.07, 6.45) is 0. The number of nitro benzene ring substituents is 1. The van der Waals surface area contributed by atoms with Crippen LogP contribution in [-0.4, -0.2) is 31.9 Å². The van der Waals surface area contributed by atoms with Crippen LogP contribution < -0.4 is 5.32 Å². The highest BCUT2D eigenvalue weighted by Gasteiger charge is 2.49. The Morgan fingerprint density at radius 2 is 2.04 bits per heavy atom. The maximum Gasteiger partial charge on any atom is 0.325 e. The highest BCUT2D eigenvalue weighted by molar-refractivity contribution is 7.13. The molecule has 0 bridgehead atoms. The Labute approximate surface area is 161 Å². The summed E-state index contributed by atoms with van der Waals surface area (Å²) < 4.78 is 5.16. The molecular formula is C17H13N5O5S. The highest BCUT2D eigenvalue weighted by Crippen LogP contribution is 2.31. The molecule has 0 aliphatic carbocycles. The minimum atomic E-state index is -1.34. The first-order chi connectivity index (χ1) is 13.4. The molecule has 1 atom stereocenters. The molecule has 1 aromatic carbocycles. The molecule has 2 aromatic heterocycles. The van der Waals surface area contributed by atoms with Gasteiger partial charge in [0.1, 0.15) is 12.1 Å². The summed E-state index contributed by atoms with van der Waals surface area (Å²) in [5.41, 5.74) is -1.01. The van der Waals surface area contributed by atoms with Crippen molar-refractivity contribution < 1.29 is 19.0 Å². The summed E-state index contributed by atoms with van der Waals surface area (Å²) in [5.74, 6) is -0.00254. The number of urea groups is 1. The third-order valence-electron chi connectivity index (χ3n) is 4.43. The number of thiophene rings is 1. The third-order valence-corrected chi connectivity index (χ3v) is 5.30. The minimum Gasteiger partial charge on any atom is -0.337 e. The number of amides is 3. The lowest BCUT2D eigenvalue weighted by atomic mass is 9.92. The first kappa shape index (κ1) is 17.8. The number of aromatic nitrogens is 2. The van der Waals surface area contributed by atoms with Crippen molar-refractivity contribution in [3.05, 3.63) is 63.3 Å². The average Bonchev–Trinajstić information content (AvgIpc) is 3.40.